The molecule has 4 aromatic rings. The van der Waals surface area contributed by atoms with E-state index >= 15 is 0 Å². The van der Waals surface area contributed by atoms with E-state index in [2.05, 4.69) is 0 Å². The number of hydrogen-bond donors (Lipinski definition) is 0. The minimum absolute atomic E-state index is 0.248. The van der Waals surface area contributed by atoms with E-state index in [0.717, 1.165) is 0 Å². The molecule has 0 nitrogen and oxygen atoms in total. The molecule has 0 aliphatic heterocycles. The molecule has 0 heterocycles. The Balaban J connectivity index is 1.65. The lowest BCUT2D eigenvalue weighted by Gasteiger charge is -2.21. The Morgan fingerprint density at radius 3 is 0.867 bits per heavy atom. The molecule has 0 atom stereocenters. The highest BCUT2D eigenvalue weighted by Crippen LogP contribution is 2.38. The van der Waals surface area contributed by atoms with Crippen molar-refractivity contribution in [1.82, 2.24) is 0 Å². The molecule has 0 radical (unpaired) electrons. The Bertz CT molecular complexity index is 1150. The summed E-state index contributed by atoms with van der Waals surface area (Å²) in [6.07, 6.45) is 2.56. The van der Waals surface area contributed by atoms with Crippen LogP contribution in [0.25, 0.3) is 0 Å². The molecule has 0 bridgehead atoms. The van der Waals surface area contributed by atoms with Gasteiger partial charge >= 0.3 is 0 Å². The van der Waals surface area contributed by atoms with E-state index in [1.165, 1.54) is 0 Å². The van der Waals surface area contributed by atoms with Crippen molar-refractivity contribution in [2.45, 2.75) is 12.8 Å². The fraction of sp³-hybridized carbons (Fsp3) is 0.143. The average molecular weight is 435 g/mol. The lowest BCUT2D eigenvalue weighted by atomic mass is 10.4. The van der Waals surface area contributed by atoms with Crippen LogP contribution in [-0.2, 0) is 0 Å². The van der Waals surface area contributed by atoms with E-state index < -0.39 is 15.8 Å². The monoisotopic (exact) mass is 434 g/mol. The molecule has 0 aliphatic rings. The zero-order valence-corrected chi connectivity index (χ0v) is 18.4. The Labute approximate surface area is 194 Å². The number of rotatable bonds is 9. The van der Waals surface area contributed by atoms with Gasteiger partial charge in [-0.1, -0.05) is 121 Å². The summed E-state index contributed by atoms with van der Waals surface area (Å²) >= 11 is 0. The molecule has 0 aromatic heterocycles. The van der Waals surface area contributed by atoms with E-state index in [1.807, 2.05) is 0 Å². The van der Waals surface area contributed by atoms with Gasteiger partial charge in [-0.2, -0.15) is 0 Å². The van der Waals surface area contributed by atoms with Crippen molar-refractivity contribution < 1.29 is 11.0 Å². The second kappa shape index (κ2) is 11.2. The Morgan fingerprint density at radius 2 is 0.633 bits per heavy atom. The highest BCUT2D eigenvalue weighted by Gasteiger charge is 2.15. The maximum atomic E-state index is 8.49. The topological polar surface area (TPSA) is 0 Å². The lowest BCUT2D eigenvalue weighted by molar-refractivity contribution is 0.902. The molecular formula is C28H28P2. The van der Waals surface area contributed by atoms with Crippen LogP contribution in [0.5, 0.6) is 0 Å². The van der Waals surface area contributed by atoms with Gasteiger partial charge < -0.3 is 0 Å². The summed E-state index contributed by atoms with van der Waals surface area (Å²) in [5.41, 5.74) is 0. The number of hydrogen-bond acceptors (Lipinski definition) is 0. The minimum Gasteiger partial charge on any atom is -0.0622 e. The van der Waals surface area contributed by atoms with Crippen LogP contribution < -0.4 is 21.2 Å². The third-order valence-electron chi connectivity index (χ3n) is 4.62. The van der Waals surface area contributed by atoms with E-state index in [-0.39, 0.29) is 48.3 Å². The first-order valence-corrected chi connectivity index (χ1v) is 13.1. The maximum Gasteiger partial charge on any atom is 0.0630 e. The van der Waals surface area contributed by atoms with E-state index in [9.17, 15) is 0 Å². The normalized spacial score (nSPS) is 14.9. The van der Waals surface area contributed by atoms with Gasteiger partial charge in [0, 0.05) is 0 Å². The molecule has 0 saturated carbocycles. The smallest absolute Gasteiger partial charge is 0.0622 e. The number of unbranched alkanes of at least 4 members (excludes halogenated alkanes) is 1. The van der Waals surface area contributed by atoms with Crippen molar-refractivity contribution in [3.8, 4) is 0 Å². The minimum atomic E-state index is -1.29. The molecule has 0 amide bonds. The average Bonchev–Trinajstić information content (AvgIpc) is 2.85. The van der Waals surface area contributed by atoms with Gasteiger partial charge in [0.25, 0.3) is 0 Å². The molecule has 4 aromatic carbocycles. The molecule has 30 heavy (non-hydrogen) atoms. The van der Waals surface area contributed by atoms with Gasteiger partial charge in [-0.15, -0.1) is 0 Å². The fourth-order valence-electron chi connectivity index (χ4n) is 3.21. The van der Waals surface area contributed by atoms with Crippen LogP contribution >= 0.6 is 15.8 Å². The summed E-state index contributed by atoms with van der Waals surface area (Å²) in [6.45, 7) is 0. The molecule has 0 unspecified atom stereocenters. The SMILES string of the molecule is [2H]c1cccc([2H])c1P(CCCCP(c1c([2H])cccc1[2H])c1c([2H])cccc1[2H])c1c([2H])cccc1[2H]. The molecule has 0 N–H and O–H groups in total. The van der Waals surface area contributed by atoms with Crippen LogP contribution in [0.15, 0.2) is 121 Å². The molecule has 4 rings (SSSR count). The van der Waals surface area contributed by atoms with Gasteiger partial charge in [0.05, 0.1) is 11.0 Å². The van der Waals surface area contributed by atoms with Gasteiger partial charge in [-0.05, 0) is 62.2 Å². The summed E-state index contributed by atoms with van der Waals surface area (Å²) in [6, 6.07) is 21.9. The summed E-state index contributed by atoms with van der Waals surface area (Å²) in [5.74, 6) is 0. The second-order valence-corrected chi connectivity index (χ2v) is 11.1. The molecule has 2 heteroatoms. The van der Waals surface area contributed by atoms with Crippen molar-refractivity contribution in [1.29, 1.82) is 0 Å². The van der Waals surface area contributed by atoms with Crippen LogP contribution in [0, 0.1) is 0 Å². The molecule has 0 spiro atoms. The van der Waals surface area contributed by atoms with Crippen molar-refractivity contribution in [2.75, 3.05) is 12.3 Å². The van der Waals surface area contributed by atoms with Gasteiger partial charge in [0.1, 0.15) is 0 Å². The summed E-state index contributed by atoms with van der Waals surface area (Å²) in [7, 11) is -2.58. The fourth-order valence-corrected chi connectivity index (χ4v) is 7.47. The first-order chi connectivity index (χ1) is 18.2. The van der Waals surface area contributed by atoms with Gasteiger partial charge in [-0.25, -0.2) is 0 Å². The second-order valence-electron chi connectivity index (χ2n) is 6.66. The highest BCUT2D eigenvalue weighted by atomic mass is 31.1. The highest BCUT2D eigenvalue weighted by molar-refractivity contribution is 7.73. The van der Waals surface area contributed by atoms with Crippen LogP contribution in [-0.4, -0.2) is 12.3 Å². The van der Waals surface area contributed by atoms with Crippen LogP contribution in [0.1, 0.15) is 23.8 Å². The quantitative estimate of drug-likeness (QED) is 0.223. The van der Waals surface area contributed by atoms with E-state index in [1.54, 1.807) is 72.8 Å². The lowest BCUT2D eigenvalue weighted by Crippen LogP contribution is -2.15. The molecule has 0 fully saturated rings. The zero-order valence-electron chi connectivity index (χ0n) is 24.7. The van der Waals surface area contributed by atoms with Crippen LogP contribution in [0.2, 0.25) is 0 Å². The van der Waals surface area contributed by atoms with Gasteiger partial charge in [-0.3, -0.25) is 0 Å². The summed E-state index contributed by atoms with van der Waals surface area (Å²) in [5, 5.41) is 2.31. The van der Waals surface area contributed by atoms with E-state index in [4.69, 9.17) is 11.0 Å². The Kier molecular flexibility index (Phi) is 4.94. The number of benzene rings is 4. The maximum absolute atomic E-state index is 8.49. The van der Waals surface area contributed by atoms with Crippen molar-refractivity contribution in [3.05, 3.63) is 121 Å². The molecule has 0 aliphatic carbocycles. The largest absolute Gasteiger partial charge is 0.0630 e. The third-order valence-corrected chi connectivity index (χ3v) is 9.34. The van der Waals surface area contributed by atoms with Gasteiger partial charge in [0.2, 0.25) is 0 Å². The molecular weight excluding hydrogens is 398 g/mol. The first-order valence-electron chi connectivity index (χ1n) is 14.0. The van der Waals surface area contributed by atoms with E-state index in [0.29, 0.717) is 46.4 Å². The van der Waals surface area contributed by atoms with Crippen LogP contribution in [0.4, 0.5) is 0 Å². The summed E-state index contributed by atoms with van der Waals surface area (Å²) < 4.78 is 67.9. The molecule has 0 saturated heterocycles. The Morgan fingerprint density at radius 1 is 0.400 bits per heavy atom. The predicted molar refractivity (Wildman–Crippen MR) is 137 cm³/mol. The van der Waals surface area contributed by atoms with Crippen LogP contribution in [0.3, 0.4) is 0 Å². The predicted octanol–water partition coefficient (Wildman–Crippen LogP) is 6.03. The standard InChI is InChI=1S/C28H28P2/c1-5-15-25(16-6-1)29(26-17-7-2-8-18-26)23-13-14-24-30(27-19-9-3-10-20-27)28-21-11-4-12-22-28/h1-12,15-22H,13-14,23-24H2/i15D,16D,17D,18D,19D,20D,21D,22D. The van der Waals surface area contributed by atoms with Gasteiger partial charge in [0.15, 0.2) is 0 Å². The first kappa shape index (κ1) is 13.2. The van der Waals surface area contributed by atoms with Crippen molar-refractivity contribution in [2.24, 2.45) is 0 Å². The molecule has 150 valence electrons. The summed E-state index contributed by atoms with van der Waals surface area (Å²) in [4.78, 5) is 0. The third kappa shape index (κ3) is 5.66. The van der Waals surface area contributed by atoms with Crippen molar-refractivity contribution >= 4 is 37.1 Å². The zero-order chi connectivity index (χ0) is 27.4. The Hall–Kier alpha value is -2.26. The van der Waals surface area contributed by atoms with Crippen molar-refractivity contribution in [3.63, 3.8) is 0 Å².